The molecule has 0 aliphatic heterocycles. The van der Waals surface area contributed by atoms with Crippen LogP contribution in [-0.4, -0.2) is 11.5 Å². The van der Waals surface area contributed by atoms with E-state index in [9.17, 15) is 4.79 Å². The Bertz CT molecular complexity index is 303. The Labute approximate surface area is 96.3 Å². The second-order valence-corrected chi connectivity index (χ2v) is 4.71. The van der Waals surface area contributed by atoms with Gasteiger partial charge < -0.3 is 0 Å². The first kappa shape index (κ1) is 12.3. The SMILES string of the molecule is CCCSc1ccc(C(=O)CCC)cc1. The van der Waals surface area contributed by atoms with E-state index in [-0.39, 0.29) is 5.78 Å². The van der Waals surface area contributed by atoms with Crippen LogP contribution < -0.4 is 0 Å². The predicted molar refractivity (Wildman–Crippen MR) is 66.7 cm³/mol. The second kappa shape index (κ2) is 6.67. The molecule has 0 spiro atoms. The van der Waals surface area contributed by atoms with Crippen LogP contribution in [0.25, 0.3) is 0 Å². The molecule has 1 nitrogen and oxygen atoms in total. The number of Topliss-reactive ketones (excluding diaryl/α,β-unsaturated/α-hetero) is 1. The Kier molecular flexibility index (Phi) is 5.48. The van der Waals surface area contributed by atoms with Crippen molar-refractivity contribution in [2.24, 2.45) is 0 Å². The average molecular weight is 222 g/mol. The van der Waals surface area contributed by atoms with Crippen molar-refractivity contribution >= 4 is 17.5 Å². The summed E-state index contributed by atoms with van der Waals surface area (Å²) in [5.41, 5.74) is 0.845. The van der Waals surface area contributed by atoms with Crippen molar-refractivity contribution in [3.63, 3.8) is 0 Å². The van der Waals surface area contributed by atoms with E-state index in [0.29, 0.717) is 6.42 Å². The Hall–Kier alpha value is -0.760. The summed E-state index contributed by atoms with van der Waals surface area (Å²) >= 11 is 1.84. The number of benzene rings is 1. The lowest BCUT2D eigenvalue weighted by Crippen LogP contribution is -1.97. The lowest BCUT2D eigenvalue weighted by molar-refractivity contribution is 0.0981. The van der Waals surface area contributed by atoms with Gasteiger partial charge in [-0.2, -0.15) is 0 Å². The summed E-state index contributed by atoms with van der Waals surface area (Å²) in [4.78, 5) is 12.8. The van der Waals surface area contributed by atoms with E-state index in [1.807, 2.05) is 43.0 Å². The molecule has 0 fully saturated rings. The van der Waals surface area contributed by atoms with Gasteiger partial charge in [-0.05, 0) is 30.7 Å². The minimum Gasteiger partial charge on any atom is -0.294 e. The molecule has 0 saturated heterocycles. The molecule has 0 aliphatic carbocycles. The van der Waals surface area contributed by atoms with Gasteiger partial charge in [0.15, 0.2) is 5.78 Å². The number of thioether (sulfide) groups is 1. The quantitative estimate of drug-likeness (QED) is 0.531. The van der Waals surface area contributed by atoms with E-state index in [0.717, 1.165) is 17.7 Å². The fraction of sp³-hybridized carbons (Fsp3) is 0.462. The number of hydrogen-bond acceptors (Lipinski definition) is 2. The maximum atomic E-state index is 11.6. The molecular formula is C13H18OS. The van der Waals surface area contributed by atoms with Gasteiger partial charge in [0.1, 0.15) is 0 Å². The van der Waals surface area contributed by atoms with Gasteiger partial charge in [-0.1, -0.05) is 26.0 Å². The van der Waals surface area contributed by atoms with Crippen LogP contribution in [-0.2, 0) is 0 Å². The highest BCUT2D eigenvalue weighted by atomic mass is 32.2. The summed E-state index contributed by atoms with van der Waals surface area (Å²) in [6.07, 6.45) is 2.76. The van der Waals surface area contributed by atoms with Crippen LogP contribution in [0.3, 0.4) is 0 Å². The Morgan fingerprint density at radius 1 is 1.13 bits per heavy atom. The molecule has 0 unspecified atom stereocenters. The smallest absolute Gasteiger partial charge is 0.162 e. The summed E-state index contributed by atoms with van der Waals surface area (Å²) in [6.45, 7) is 4.20. The van der Waals surface area contributed by atoms with Crippen molar-refractivity contribution in [3.8, 4) is 0 Å². The first-order valence-corrected chi connectivity index (χ1v) is 6.52. The van der Waals surface area contributed by atoms with Gasteiger partial charge >= 0.3 is 0 Å². The van der Waals surface area contributed by atoms with Crippen LogP contribution in [0.15, 0.2) is 29.2 Å². The molecule has 1 aromatic rings. The van der Waals surface area contributed by atoms with Gasteiger partial charge in [0.25, 0.3) is 0 Å². The lowest BCUT2D eigenvalue weighted by Gasteiger charge is -2.02. The van der Waals surface area contributed by atoms with Gasteiger partial charge in [-0.3, -0.25) is 4.79 Å². The predicted octanol–water partition coefficient (Wildman–Crippen LogP) is 4.17. The van der Waals surface area contributed by atoms with Gasteiger partial charge in [0, 0.05) is 16.9 Å². The number of rotatable bonds is 6. The summed E-state index contributed by atoms with van der Waals surface area (Å²) in [5, 5.41) is 0. The first-order valence-electron chi connectivity index (χ1n) is 5.54. The van der Waals surface area contributed by atoms with Gasteiger partial charge in [-0.15, -0.1) is 11.8 Å². The summed E-state index contributed by atoms with van der Waals surface area (Å²) in [6, 6.07) is 7.97. The molecule has 0 radical (unpaired) electrons. The average Bonchev–Trinajstić information content (AvgIpc) is 2.27. The van der Waals surface area contributed by atoms with Crippen molar-refractivity contribution in [1.29, 1.82) is 0 Å². The monoisotopic (exact) mass is 222 g/mol. The minimum atomic E-state index is 0.254. The lowest BCUT2D eigenvalue weighted by atomic mass is 10.1. The molecular weight excluding hydrogens is 204 g/mol. The molecule has 0 amide bonds. The fourth-order valence-electron chi connectivity index (χ4n) is 1.33. The highest BCUT2D eigenvalue weighted by Gasteiger charge is 2.03. The van der Waals surface area contributed by atoms with Crippen LogP contribution in [0.1, 0.15) is 43.5 Å². The zero-order chi connectivity index (χ0) is 11.1. The fourth-order valence-corrected chi connectivity index (χ4v) is 2.10. The molecule has 82 valence electrons. The van der Waals surface area contributed by atoms with Crippen LogP contribution in [0.4, 0.5) is 0 Å². The van der Waals surface area contributed by atoms with E-state index in [1.165, 1.54) is 11.3 Å². The number of ketones is 1. The van der Waals surface area contributed by atoms with Gasteiger partial charge in [0.05, 0.1) is 0 Å². The summed E-state index contributed by atoms with van der Waals surface area (Å²) < 4.78 is 0. The second-order valence-electron chi connectivity index (χ2n) is 3.55. The Balaban J connectivity index is 2.59. The number of hydrogen-bond donors (Lipinski definition) is 0. The molecule has 0 N–H and O–H groups in total. The largest absolute Gasteiger partial charge is 0.294 e. The minimum absolute atomic E-state index is 0.254. The van der Waals surface area contributed by atoms with Crippen LogP contribution in [0.5, 0.6) is 0 Å². The van der Waals surface area contributed by atoms with Gasteiger partial charge in [-0.25, -0.2) is 0 Å². The normalized spacial score (nSPS) is 10.3. The molecule has 0 bridgehead atoms. The topological polar surface area (TPSA) is 17.1 Å². The molecule has 0 aromatic heterocycles. The molecule has 0 heterocycles. The number of carbonyl (C=O) groups excluding carboxylic acids is 1. The molecule has 2 heteroatoms. The molecule has 1 aromatic carbocycles. The summed E-state index contributed by atoms with van der Waals surface area (Å²) in [5.74, 6) is 1.40. The van der Waals surface area contributed by atoms with E-state index in [2.05, 4.69) is 6.92 Å². The Morgan fingerprint density at radius 3 is 2.33 bits per heavy atom. The van der Waals surface area contributed by atoms with Crippen LogP contribution >= 0.6 is 11.8 Å². The zero-order valence-corrected chi connectivity index (χ0v) is 10.3. The maximum Gasteiger partial charge on any atom is 0.162 e. The molecule has 0 aliphatic rings. The highest BCUT2D eigenvalue weighted by molar-refractivity contribution is 7.99. The van der Waals surface area contributed by atoms with E-state index in [4.69, 9.17) is 0 Å². The van der Waals surface area contributed by atoms with E-state index >= 15 is 0 Å². The first-order chi connectivity index (χ1) is 7.27. The zero-order valence-electron chi connectivity index (χ0n) is 9.45. The van der Waals surface area contributed by atoms with Crippen molar-refractivity contribution in [3.05, 3.63) is 29.8 Å². The van der Waals surface area contributed by atoms with Crippen LogP contribution in [0.2, 0.25) is 0 Å². The molecule has 0 atom stereocenters. The van der Waals surface area contributed by atoms with Crippen LogP contribution in [0, 0.1) is 0 Å². The summed E-state index contributed by atoms with van der Waals surface area (Å²) in [7, 11) is 0. The third-order valence-electron chi connectivity index (χ3n) is 2.13. The third-order valence-corrected chi connectivity index (χ3v) is 3.34. The van der Waals surface area contributed by atoms with E-state index in [1.54, 1.807) is 0 Å². The molecule has 15 heavy (non-hydrogen) atoms. The van der Waals surface area contributed by atoms with Gasteiger partial charge in [0.2, 0.25) is 0 Å². The van der Waals surface area contributed by atoms with Crippen molar-refractivity contribution < 1.29 is 4.79 Å². The Morgan fingerprint density at radius 2 is 1.80 bits per heavy atom. The van der Waals surface area contributed by atoms with Crippen molar-refractivity contribution in [2.45, 2.75) is 38.0 Å². The molecule has 1 rings (SSSR count). The highest BCUT2D eigenvalue weighted by Crippen LogP contribution is 2.19. The maximum absolute atomic E-state index is 11.6. The third kappa shape index (κ3) is 4.08. The van der Waals surface area contributed by atoms with Crippen molar-refractivity contribution in [1.82, 2.24) is 0 Å². The standard InChI is InChI=1S/C13H18OS/c1-3-5-13(14)11-6-8-12(9-7-11)15-10-4-2/h6-9H,3-5,10H2,1-2H3. The number of carbonyl (C=O) groups is 1. The molecule has 0 saturated carbocycles. The van der Waals surface area contributed by atoms with Crippen molar-refractivity contribution in [2.75, 3.05) is 5.75 Å². The van der Waals surface area contributed by atoms with E-state index < -0.39 is 0 Å².